The van der Waals surface area contributed by atoms with Gasteiger partial charge in [-0.05, 0) is 85.1 Å². The number of benzene rings is 3. The third kappa shape index (κ3) is 6.49. The van der Waals surface area contributed by atoms with Crippen molar-refractivity contribution in [2.75, 3.05) is 23.8 Å². The zero-order valence-electron chi connectivity index (χ0n) is 18.5. The number of nitrogens with one attached hydrogen (secondary N) is 2. The molecule has 0 heterocycles. The summed E-state index contributed by atoms with van der Waals surface area (Å²) >= 11 is 3.47. The normalized spacial score (nSPS) is 11.0. The molecule has 0 aromatic heterocycles. The van der Waals surface area contributed by atoms with Gasteiger partial charge in [-0.15, -0.1) is 0 Å². The number of anilines is 2. The van der Waals surface area contributed by atoms with E-state index in [0.29, 0.717) is 17.2 Å². The Morgan fingerprint density at radius 3 is 2.24 bits per heavy atom. The van der Waals surface area contributed by atoms with Crippen molar-refractivity contribution in [2.45, 2.75) is 25.2 Å². The van der Waals surface area contributed by atoms with Crippen LogP contribution in [0, 0.1) is 6.92 Å². The predicted molar refractivity (Wildman–Crippen MR) is 133 cm³/mol. The molecule has 0 bridgehead atoms. The summed E-state index contributed by atoms with van der Waals surface area (Å²) in [4.78, 5) is 12.5. The van der Waals surface area contributed by atoms with Gasteiger partial charge in [0.05, 0.1) is 12.0 Å². The largest absolute Gasteiger partial charge is 0.497 e. The maximum absolute atomic E-state index is 12.6. The van der Waals surface area contributed by atoms with E-state index in [2.05, 4.69) is 26.0 Å². The molecule has 0 aliphatic carbocycles. The molecular formula is C24H25BrN2O5S. The highest BCUT2D eigenvalue weighted by atomic mass is 79.9. The number of aryl methyl sites for hydroxylation is 2. The molecule has 3 rings (SSSR count). The Morgan fingerprint density at radius 1 is 1.00 bits per heavy atom. The number of halogens is 1. The van der Waals surface area contributed by atoms with Gasteiger partial charge in [0.1, 0.15) is 11.5 Å². The molecule has 3 aromatic rings. The van der Waals surface area contributed by atoms with Crippen LogP contribution in [0.25, 0.3) is 0 Å². The number of amides is 1. The van der Waals surface area contributed by atoms with E-state index < -0.39 is 10.0 Å². The van der Waals surface area contributed by atoms with E-state index >= 15 is 0 Å². The summed E-state index contributed by atoms with van der Waals surface area (Å²) in [5.74, 6) is 0.717. The van der Waals surface area contributed by atoms with Crippen LogP contribution in [0.5, 0.6) is 11.5 Å². The Morgan fingerprint density at radius 2 is 1.64 bits per heavy atom. The summed E-state index contributed by atoms with van der Waals surface area (Å²) in [6.07, 6.45) is 0.775. The smallest absolute Gasteiger partial charge is 0.262 e. The third-order valence-corrected chi connectivity index (χ3v) is 6.73. The molecule has 174 valence electrons. The quantitative estimate of drug-likeness (QED) is 0.397. The fraction of sp³-hybridized carbons (Fsp3) is 0.208. The molecule has 0 aliphatic heterocycles. The molecular weight excluding hydrogens is 508 g/mol. The van der Waals surface area contributed by atoms with Gasteiger partial charge in [-0.3, -0.25) is 9.52 Å². The number of hydrogen-bond donors (Lipinski definition) is 2. The van der Waals surface area contributed by atoms with E-state index in [1.807, 2.05) is 26.0 Å². The van der Waals surface area contributed by atoms with Crippen molar-refractivity contribution < 1.29 is 22.7 Å². The molecule has 0 saturated carbocycles. The summed E-state index contributed by atoms with van der Waals surface area (Å²) in [6.45, 7) is 3.75. The van der Waals surface area contributed by atoms with E-state index in [-0.39, 0.29) is 17.4 Å². The first-order valence-electron chi connectivity index (χ1n) is 10.2. The summed E-state index contributed by atoms with van der Waals surface area (Å²) in [7, 11) is -2.23. The number of carbonyl (C=O) groups excluding carboxylic acids is 1. The van der Waals surface area contributed by atoms with Crippen LogP contribution in [0.4, 0.5) is 11.4 Å². The highest BCUT2D eigenvalue weighted by Gasteiger charge is 2.15. The van der Waals surface area contributed by atoms with Gasteiger partial charge in [-0.25, -0.2) is 8.42 Å². The molecule has 3 aromatic carbocycles. The van der Waals surface area contributed by atoms with Gasteiger partial charge in [0.25, 0.3) is 15.9 Å². The Bertz CT molecular complexity index is 1230. The highest BCUT2D eigenvalue weighted by molar-refractivity contribution is 9.10. The molecule has 0 saturated heterocycles. The molecule has 0 unspecified atom stereocenters. The fourth-order valence-electron chi connectivity index (χ4n) is 3.18. The second kappa shape index (κ2) is 10.7. The lowest BCUT2D eigenvalue weighted by atomic mass is 10.1. The van der Waals surface area contributed by atoms with Crippen LogP contribution in [-0.4, -0.2) is 28.0 Å². The fourth-order valence-corrected chi connectivity index (χ4v) is 4.86. The topological polar surface area (TPSA) is 93.7 Å². The van der Waals surface area contributed by atoms with Gasteiger partial charge in [-0.2, -0.15) is 0 Å². The average Bonchev–Trinajstić information content (AvgIpc) is 2.79. The number of sulfonamides is 1. The summed E-state index contributed by atoms with van der Waals surface area (Å²) in [5.41, 5.74) is 3.17. The first kappa shape index (κ1) is 24.6. The van der Waals surface area contributed by atoms with Crippen molar-refractivity contribution in [1.29, 1.82) is 0 Å². The van der Waals surface area contributed by atoms with Crippen molar-refractivity contribution in [2.24, 2.45) is 0 Å². The number of rotatable bonds is 9. The standard InChI is InChI=1S/C24H25BrN2O5S/c1-4-17-14-18(25)13-16(2)24(17)26-23(28)15-32-21-9-11-22(12-10-21)33(29,30)27-19-5-7-20(31-3)8-6-19/h5-14,27H,4,15H2,1-3H3,(H,26,28). The van der Waals surface area contributed by atoms with Crippen molar-refractivity contribution in [3.8, 4) is 11.5 Å². The van der Waals surface area contributed by atoms with Crippen LogP contribution >= 0.6 is 15.9 Å². The average molecular weight is 533 g/mol. The maximum Gasteiger partial charge on any atom is 0.262 e. The molecule has 0 spiro atoms. The minimum Gasteiger partial charge on any atom is -0.497 e. The minimum atomic E-state index is -3.77. The van der Waals surface area contributed by atoms with Gasteiger partial charge in [0.15, 0.2) is 6.61 Å². The van der Waals surface area contributed by atoms with Crippen molar-refractivity contribution >= 4 is 43.2 Å². The lowest BCUT2D eigenvalue weighted by Gasteiger charge is -2.14. The van der Waals surface area contributed by atoms with E-state index in [1.54, 1.807) is 24.3 Å². The third-order valence-electron chi connectivity index (χ3n) is 4.87. The number of ether oxygens (including phenoxy) is 2. The van der Waals surface area contributed by atoms with Gasteiger partial charge in [-0.1, -0.05) is 22.9 Å². The maximum atomic E-state index is 12.6. The first-order valence-corrected chi connectivity index (χ1v) is 12.5. The zero-order chi connectivity index (χ0) is 24.0. The Labute approximate surface area is 202 Å². The second-order valence-corrected chi connectivity index (χ2v) is 9.85. The van der Waals surface area contributed by atoms with Crippen LogP contribution in [0.3, 0.4) is 0 Å². The molecule has 0 atom stereocenters. The van der Waals surface area contributed by atoms with Gasteiger partial charge in [0.2, 0.25) is 0 Å². The monoisotopic (exact) mass is 532 g/mol. The van der Waals surface area contributed by atoms with Gasteiger partial charge < -0.3 is 14.8 Å². The molecule has 0 aliphatic rings. The van der Waals surface area contributed by atoms with E-state index in [9.17, 15) is 13.2 Å². The molecule has 0 fully saturated rings. The van der Waals surface area contributed by atoms with Crippen molar-refractivity contribution in [3.05, 3.63) is 76.3 Å². The number of methoxy groups -OCH3 is 1. The highest BCUT2D eigenvalue weighted by Crippen LogP contribution is 2.26. The van der Waals surface area contributed by atoms with E-state index in [4.69, 9.17) is 9.47 Å². The van der Waals surface area contributed by atoms with Crippen LogP contribution in [-0.2, 0) is 21.2 Å². The predicted octanol–water partition coefficient (Wildman–Crippen LogP) is 5.15. The van der Waals surface area contributed by atoms with Gasteiger partial charge >= 0.3 is 0 Å². The first-order chi connectivity index (χ1) is 15.7. The van der Waals surface area contributed by atoms with Crippen molar-refractivity contribution in [3.63, 3.8) is 0 Å². The number of hydrogen-bond acceptors (Lipinski definition) is 5. The molecule has 2 N–H and O–H groups in total. The molecule has 0 radical (unpaired) electrons. The molecule has 1 amide bonds. The van der Waals surface area contributed by atoms with Crippen molar-refractivity contribution in [1.82, 2.24) is 0 Å². The van der Waals surface area contributed by atoms with Crippen LogP contribution in [0.1, 0.15) is 18.1 Å². The van der Waals surface area contributed by atoms with Crippen LogP contribution in [0.2, 0.25) is 0 Å². The zero-order valence-corrected chi connectivity index (χ0v) is 20.9. The van der Waals surface area contributed by atoms with Gasteiger partial charge in [0, 0.05) is 15.8 Å². The summed E-state index contributed by atoms with van der Waals surface area (Å²) < 4.78 is 39.3. The minimum absolute atomic E-state index is 0.0770. The summed E-state index contributed by atoms with van der Waals surface area (Å²) in [5, 5.41) is 2.90. The Hall–Kier alpha value is -3.04. The van der Waals surface area contributed by atoms with Crippen LogP contribution < -0.4 is 19.5 Å². The molecule has 7 nitrogen and oxygen atoms in total. The number of carbonyl (C=O) groups is 1. The molecule has 9 heteroatoms. The van der Waals surface area contributed by atoms with E-state index in [1.165, 1.54) is 31.4 Å². The summed E-state index contributed by atoms with van der Waals surface area (Å²) in [6, 6.07) is 16.3. The lowest BCUT2D eigenvalue weighted by Crippen LogP contribution is -2.21. The second-order valence-electron chi connectivity index (χ2n) is 7.25. The Balaban J connectivity index is 1.60. The van der Waals surface area contributed by atoms with E-state index in [0.717, 1.165) is 27.7 Å². The SMILES string of the molecule is CCc1cc(Br)cc(C)c1NC(=O)COc1ccc(S(=O)(=O)Nc2ccc(OC)cc2)cc1. The Kier molecular flexibility index (Phi) is 7.99. The molecule has 33 heavy (non-hydrogen) atoms. The van der Waals surface area contributed by atoms with Crippen LogP contribution in [0.15, 0.2) is 70.0 Å². The lowest BCUT2D eigenvalue weighted by molar-refractivity contribution is -0.118.